The number of fused-ring (bicyclic) bond motifs is 1. The molecule has 0 saturated heterocycles. The summed E-state index contributed by atoms with van der Waals surface area (Å²) in [5.41, 5.74) is 1.42. The van der Waals surface area contributed by atoms with Gasteiger partial charge in [0.2, 0.25) is 0 Å². The highest BCUT2D eigenvalue weighted by Gasteiger charge is 2.45. The lowest BCUT2D eigenvalue weighted by atomic mass is 9.73. The molecule has 1 spiro atoms. The van der Waals surface area contributed by atoms with Crippen LogP contribution in [0.3, 0.4) is 0 Å². The van der Waals surface area contributed by atoms with Gasteiger partial charge in [0.15, 0.2) is 0 Å². The monoisotopic (exact) mass is 281 g/mol. The van der Waals surface area contributed by atoms with Gasteiger partial charge in [-0.1, -0.05) is 15.9 Å². The summed E-state index contributed by atoms with van der Waals surface area (Å²) in [5, 5.41) is 3.41. The Morgan fingerprint density at radius 1 is 1.44 bits per heavy atom. The first-order chi connectivity index (χ1) is 7.72. The van der Waals surface area contributed by atoms with Crippen molar-refractivity contribution >= 4 is 15.9 Å². The third-order valence-corrected chi connectivity index (χ3v) is 4.36. The Morgan fingerprint density at radius 3 is 2.88 bits per heavy atom. The molecule has 86 valence electrons. The van der Waals surface area contributed by atoms with Crippen molar-refractivity contribution in [2.45, 2.75) is 37.3 Å². The average Bonchev–Trinajstić information content (AvgIpc) is 2.25. The van der Waals surface area contributed by atoms with E-state index in [0.717, 1.165) is 16.6 Å². The highest BCUT2D eigenvalue weighted by atomic mass is 79.9. The third kappa shape index (κ3) is 1.57. The van der Waals surface area contributed by atoms with Crippen molar-refractivity contribution in [3.05, 3.63) is 28.2 Å². The molecule has 0 bridgehead atoms. The van der Waals surface area contributed by atoms with Gasteiger partial charge in [-0.3, -0.25) is 0 Å². The summed E-state index contributed by atoms with van der Waals surface area (Å²) in [5.74, 6) is 1.06. The summed E-state index contributed by atoms with van der Waals surface area (Å²) in [6, 6.07) is 6.75. The molecule has 1 aliphatic carbocycles. The zero-order chi connectivity index (χ0) is 11.2. The molecule has 0 radical (unpaired) electrons. The van der Waals surface area contributed by atoms with Crippen LogP contribution >= 0.6 is 15.9 Å². The normalized spacial score (nSPS) is 25.8. The van der Waals surface area contributed by atoms with Crippen molar-refractivity contribution in [2.24, 2.45) is 0 Å². The van der Waals surface area contributed by atoms with Gasteiger partial charge in [0, 0.05) is 22.5 Å². The predicted octanol–water partition coefficient (Wildman–Crippen LogP) is 3.41. The highest BCUT2D eigenvalue weighted by Crippen LogP contribution is 2.49. The Morgan fingerprint density at radius 2 is 2.25 bits per heavy atom. The van der Waals surface area contributed by atoms with Crippen molar-refractivity contribution in [1.29, 1.82) is 0 Å². The zero-order valence-electron chi connectivity index (χ0n) is 9.42. The summed E-state index contributed by atoms with van der Waals surface area (Å²) in [6.07, 6.45) is 4.83. The van der Waals surface area contributed by atoms with Gasteiger partial charge in [-0.2, -0.15) is 0 Å². The number of rotatable bonds is 1. The number of nitrogens with one attached hydrogen (secondary N) is 1. The lowest BCUT2D eigenvalue weighted by Gasteiger charge is -2.48. The van der Waals surface area contributed by atoms with Crippen LogP contribution < -0.4 is 10.1 Å². The maximum Gasteiger partial charge on any atom is 0.125 e. The minimum atomic E-state index is 0.133. The van der Waals surface area contributed by atoms with E-state index in [0.29, 0.717) is 6.04 Å². The first-order valence-electron chi connectivity index (χ1n) is 5.88. The average molecular weight is 282 g/mol. The summed E-state index contributed by atoms with van der Waals surface area (Å²) in [6.45, 7) is 0. The van der Waals surface area contributed by atoms with E-state index in [1.165, 1.54) is 24.8 Å². The highest BCUT2D eigenvalue weighted by molar-refractivity contribution is 9.10. The van der Waals surface area contributed by atoms with Gasteiger partial charge in [-0.25, -0.2) is 0 Å². The van der Waals surface area contributed by atoms with E-state index in [2.05, 4.69) is 39.4 Å². The van der Waals surface area contributed by atoms with E-state index in [1.54, 1.807) is 0 Å². The topological polar surface area (TPSA) is 21.3 Å². The molecule has 2 nitrogen and oxygen atoms in total. The minimum Gasteiger partial charge on any atom is -0.487 e. The molecule has 2 aliphatic rings. The van der Waals surface area contributed by atoms with Crippen LogP contribution in [0.5, 0.6) is 5.75 Å². The Hall–Kier alpha value is -0.540. The fourth-order valence-corrected chi connectivity index (χ4v) is 3.16. The third-order valence-electron chi connectivity index (χ3n) is 3.86. The summed E-state index contributed by atoms with van der Waals surface area (Å²) < 4.78 is 7.31. The number of ether oxygens (including phenoxy) is 1. The molecule has 1 unspecified atom stereocenters. The van der Waals surface area contributed by atoms with Gasteiger partial charge in [0.1, 0.15) is 11.4 Å². The number of hydrogen-bond acceptors (Lipinski definition) is 2. The van der Waals surface area contributed by atoms with Crippen molar-refractivity contribution in [2.75, 3.05) is 7.05 Å². The standard InChI is InChI=1S/C13H16BrNO/c1-15-11-8-13(5-2-6-13)16-12-4-3-9(14)7-10(11)12/h3-4,7,11,15H,2,5-6,8H2,1H3. The maximum absolute atomic E-state index is 6.18. The van der Waals surface area contributed by atoms with E-state index in [1.807, 2.05) is 7.05 Å². The summed E-state index contributed by atoms with van der Waals surface area (Å²) in [7, 11) is 2.03. The second-order valence-electron chi connectivity index (χ2n) is 4.87. The quantitative estimate of drug-likeness (QED) is 0.852. The van der Waals surface area contributed by atoms with Crippen molar-refractivity contribution in [1.82, 2.24) is 5.32 Å². The van der Waals surface area contributed by atoms with Crippen LogP contribution in [-0.4, -0.2) is 12.6 Å². The van der Waals surface area contributed by atoms with Crippen LogP contribution in [0.25, 0.3) is 0 Å². The van der Waals surface area contributed by atoms with Crippen molar-refractivity contribution in [3.63, 3.8) is 0 Å². The molecular weight excluding hydrogens is 266 g/mol. The van der Waals surface area contributed by atoms with Crippen molar-refractivity contribution in [3.8, 4) is 5.75 Å². The SMILES string of the molecule is CNC1CC2(CCC2)Oc2ccc(Br)cc21. The molecule has 1 atom stereocenters. The Balaban J connectivity index is 2.00. The minimum absolute atomic E-state index is 0.133. The second-order valence-corrected chi connectivity index (χ2v) is 5.78. The molecular formula is C13H16BrNO. The predicted molar refractivity (Wildman–Crippen MR) is 67.8 cm³/mol. The van der Waals surface area contributed by atoms with Crippen LogP contribution in [0.2, 0.25) is 0 Å². The molecule has 1 fully saturated rings. The van der Waals surface area contributed by atoms with Crippen LogP contribution in [0.4, 0.5) is 0 Å². The van der Waals surface area contributed by atoms with Crippen LogP contribution in [-0.2, 0) is 0 Å². The number of benzene rings is 1. The molecule has 3 rings (SSSR count). The first kappa shape index (κ1) is 10.6. The maximum atomic E-state index is 6.18. The fourth-order valence-electron chi connectivity index (χ4n) is 2.78. The molecule has 0 amide bonds. The van der Waals surface area contributed by atoms with Crippen LogP contribution in [0, 0.1) is 0 Å². The molecule has 1 N–H and O–H groups in total. The van der Waals surface area contributed by atoms with Gasteiger partial charge < -0.3 is 10.1 Å². The summed E-state index contributed by atoms with van der Waals surface area (Å²) >= 11 is 3.52. The lowest BCUT2D eigenvalue weighted by Crippen LogP contribution is -2.48. The van der Waals surface area contributed by atoms with Crippen molar-refractivity contribution < 1.29 is 4.74 Å². The van der Waals surface area contributed by atoms with Gasteiger partial charge >= 0.3 is 0 Å². The Bertz CT molecular complexity index is 414. The van der Waals surface area contributed by atoms with Gasteiger partial charge in [0.25, 0.3) is 0 Å². The lowest BCUT2D eigenvalue weighted by molar-refractivity contribution is -0.0361. The van der Waals surface area contributed by atoms with Crippen LogP contribution in [0.15, 0.2) is 22.7 Å². The summed E-state index contributed by atoms with van der Waals surface area (Å²) in [4.78, 5) is 0. The van der Waals surface area contributed by atoms with Gasteiger partial charge in [-0.05, 0) is 44.5 Å². The molecule has 3 heteroatoms. The van der Waals surface area contributed by atoms with E-state index < -0.39 is 0 Å². The second kappa shape index (κ2) is 3.74. The smallest absolute Gasteiger partial charge is 0.125 e. The molecule has 1 aromatic carbocycles. The molecule has 16 heavy (non-hydrogen) atoms. The van der Waals surface area contributed by atoms with E-state index >= 15 is 0 Å². The van der Waals surface area contributed by atoms with Gasteiger partial charge in [0.05, 0.1) is 0 Å². The zero-order valence-corrected chi connectivity index (χ0v) is 11.0. The van der Waals surface area contributed by atoms with Crippen LogP contribution in [0.1, 0.15) is 37.3 Å². The fraction of sp³-hybridized carbons (Fsp3) is 0.538. The molecule has 0 aromatic heterocycles. The molecule has 1 aliphatic heterocycles. The first-order valence-corrected chi connectivity index (χ1v) is 6.67. The largest absolute Gasteiger partial charge is 0.487 e. The molecule has 1 aromatic rings. The number of hydrogen-bond donors (Lipinski definition) is 1. The van der Waals surface area contributed by atoms with E-state index in [-0.39, 0.29) is 5.60 Å². The molecule has 1 heterocycles. The Kier molecular flexibility index (Phi) is 2.48. The van der Waals surface area contributed by atoms with Gasteiger partial charge in [-0.15, -0.1) is 0 Å². The van der Waals surface area contributed by atoms with E-state index in [9.17, 15) is 0 Å². The molecule has 1 saturated carbocycles. The Labute approximate surface area is 105 Å². The van der Waals surface area contributed by atoms with E-state index in [4.69, 9.17) is 4.74 Å². The number of halogens is 1.